The zero-order valence-electron chi connectivity index (χ0n) is 11.8. The van der Waals surface area contributed by atoms with E-state index in [2.05, 4.69) is 9.97 Å². The first-order chi connectivity index (χ1) is 9.73. The highest BCUT2D eigenvalue weighted by molar-refractivity contribution is 5.74. The van der Waals surface area contributed by atoms with Gasteiger partial charge in [0.25, 0.3) is 0 Å². The van der Waals surface area contributed by atoms with Crippen LogP contribution in [0.2, 0.25) is 0 Å². The molecule has 20 heavy (non-hydrogen) atoms. The van der Waals surface area contributed by atoms with Gasteiger partial charge in [0.05, 0.1) is 34.0 Å². The number of benzene rings is 1. The molecule has 0 saturated heterocycles. The summed E-state index contributed by atoms with van der Waals surface area (Å²) < 4.78 is 20.8. The van der Waals surface area contributed by atoms with E-state index in [1.807, 2.05) is 12.1 Å². The van der Waals surface area contributed by atoms with Gasteiger partial charge in [0.1, 0.15) is 11.5 Å². The molecule has 0 bridgehead atoms. The third-order valence-electron chi connectivity index (χ3n) is 2.81. The predicted molar refractivity (Wildman–Crippen MR) is 73.7 cm³/mol. The molecule has 2 aromatic rings. The maximum Gasteiger partial charge on any atom is 0.319 e. The smallest absolute Gasteiger partial charge is 0.319 e. The fraction of sp³-hybridized carbons (Fsp3) is 0.286. The lowest BCUT2D eigenvalue weighted by Gasteiger charge is -2.12. The number of aromatic nitrogens is 2. The third kappa shape index (κ3) is 2.59. The highest BCUT2D eigenvalue weighted by Gasteiger charge is 2.15. The molecule has 6 heteroatoms. The maximum absolute atomic E-state index is 5.38. The zero-order valence-corrected chi connectivity index (χ0v) is 11.8. The SMILES string of the molecule is COc1ccc(-c2cnc(OC)nc2OC)c(OC)c1. The Labute approximate surface area is 117 Å². The predicted octanol–water partition coefficient (Wildman–Crippen LogP) is 2.18. The standard InChI is InChI=1S/C14H16N2O4/c1-17-9-5-6-10(12(7-9)18-2)11-8-15-14(20-4)16-13(11)19-3/h5-8H,1-4H3. The summed E-state index contributed by atoms with van der Waals surface area (Å²) in [5.41, 5.74) is 1.53. The molecule has 0 atom stereocenters. The lowest BCUT2D eigenvalue weighted by Crippen LogP contribution is -1.99. The monoisotopic (exact) mass is 276 g/mol. The second kappa shape index (κ2) is 6.10. The zero-order chi connectivity index (χ0) is 14.5. The fourth-order valence-electron chi connectivity index (χ4n) is 1.81. The van der Waals surface area contributed by atoms with Gasteiger partial charge in [-0.1, -0.05) is 0 Å². The van der Waals surface area contributed by atoms with Crippen LogP contribution < -0.4 is 18.9 Å². The van der Waals surface area contributed by atoms with Gasteiger partial charge in [-0.3, -0.25) is 0 Å². The van der Waals surface area contributed by atoms with Crippen LogP contribution in [0.1, 0.15) is 0 Å². The van der Waals surface area contributed by atoms with Crippen molar-refractivity contribution in [2.45, 2.75) is 0 Å². The van der Waals surface area contributed by atoms with Crippen LogP contribution in [0.15, 0.2) is 24.4 Å². The Hall–Kier alpha value is -2.50. The van der Waals surface area contributed by atoms with Gasteiger partial charge in [-0.05, 0) is 12.1 Å². The highest BCUT2D eigenvalue weighted by atomic mass is 16.5. The van der Waals surface area contributed by atoms with E-state index in [1.54, 1.807) is 33.6 Å². The Morgan fingerprint density at radius 3 is 2.25 bits per heavy atom. The normalized spacial score (nSPS) is 10.0. The molecule has 1 aromatic carbocycles. The number of methoxy groups -OCH3 is 4. The molecule has 0 aliphatic carbocycles. The average Bonchev–Trinajstić information content (AvgIpc) is 2.53. The molecule has 106 valence electrons. The first-order valence-electron chi connectivity index (χ1n) is 5.91. The third-order valence-corrected chi connectivity index (χ3v) is 2.81. The van der Waals surface area contributed by atoms with Crippen molar-refractivity contribution in [3.63, 3.8) is 0 Å². The molecule has 0 unspecified atom stereocenters. The molecule has 0 spiro atoms. The minimum Gasteiger partial charge on any atom is -0.497 e. The second-order valence-corrected chi connectivity index (χ2v) is 3.85. The molecular weight excluding hydrogens is 260 g/mol. The molecule has 2 rings (SSSR count). The van der Waals surface area contributed by atoms with Gasteiger partial charge in [0.15, 0.2) is 0 Å². The number of ether oxygens (including phenoxy) is 4. The van der Waals surface area contributed by atoms with Gasteiger partial charge in [-0.2, -0.15) is 4.98 Å². The Morgan fingerprint density at radius 1 is 0.850 bits per heavy atom. The largest absolute Gasteiger partial charge is 0.497 e. The van der Waals surface area contributed by atoms with Crippen LogP contribution in [-0.2, 0) is 0 Å². The van der Waals surface area contributed by atoms with E-state index in [9.17, 15) is 0 Å². The van der Waals surface area contributed by atoms with E-state index in [1.165, 1.54) is 7.11 Å². The highest BCUT2D eigenvalue weighted by Crippen LogP contribution is 2.37. The molecule has 0 fully saturated rings. The first-order valence-corrected chi connectivity index (χ1v) is 5.91. The summed E-state index contributed by atoms with van der Waals surface area (Å²) in [6.07, 6.45) is 1.63. The first kappa shape index (κ1) is 13.9. The fourth-order valence-corrected chi connectivity index (χ4v) is 1.81. The van der Waals surface area contributed by atoms with E-state index < -0.39 is 0 Å². The van der Waals surface area contributed by atoms with Crippen LogP contribution in [0.4, 0.5) is 0 Å². The minimum absolute atomic E-state index is 0.248. The summed E-state index contributed by atoms with van der Waals surface area (Å²) in [6, 6.07) is 5.74. The number of nitrogens with zero attached hydrogens (tertiary/aromatic N) is 2. The quantitative estimate of drug-likeness (QED) is 0.834. The maximum atomic E-state index is 5.38. The van der Waals surface area contributed by atoms with E-state index in [0.29, 0.717) is 22.9 Å². The van der Waals surface area contributed by atoms with Gasteiger partial charge < -0.3 is 18.9 Å². The average molecular weight is 276 g/mol. The molecule has 0 amide bonds. The lowest BCUT2D eigenvalue weighted by molar-refractivity contribution is 0.352. The molecule has 0 N–H and O–H groups in total. The van der Waals surface area contributed by atoms with Gasteiger partial charge in [0.2, 0.25) is 5.88 Å². The summed E-state index contributed by atoms with van der Waals surface area (Å²) in [5.74, 6) is 1.77. The number of hydrogen-bond acceptors (Lipinski definition) is 6. The summed E-state index contributed by atoms with van der Waals surface area (Å²) in [7, 11) is 6.24. The Kier molecular flexibility index (Phi) is 4.24. The number of hydrogen-bond donors (Lipinski definition) is 0. The Bertz CT molecular complexity index is 548. The van der Waals surface area contributed by atoms with Crippen molar-refractivity contribution in [3.8, 4) is 34.5 Å². The van der Waals surface area contributed by atoms with Crippen LogP contribution in [0.3, 0.4) is 0 Å². The molecular formula is C14H16N2O4. The van der Waals surface area contributed by atoms with E-state index in [-0.39, 0.29) is 6.01 Å². The van der Waals surface area contributed by atoms with E-state index in [4.69, 9.17) is 18.9 Å². The summed E-state index contributed by atoms with van der Waals surface area (Å²) in [4.78, 5) is 8.26. The van der Waals surface area contributed by atoms with E-state index in [0.717, 1.165) is 5.56 Å². The van der Waals surface area contributed by atoms with Gasteiger partial charge in [-0.25, -0.2) is 4.98 Å². The van der Waals surface area contributed by atoms with Crippen LogP contribution >= 0.6 is 0 Å². The molecule has 0 saturated carbocycles. The van der Waals surface area contributed by atoms with E-state index >= 15 is 0 Å². The van der Waals surface area contributed by atoms with Crippen LogP contribution in [0.25, 0.3) is 11.1 Å². The van der Waals surface area contributed by atoms with Gasteiger partial charge >= 0.3 is 6.01 Å². The Balaban J connectivity index is 2.55. The Morgan fingerprint density at radius 2 is 1.65 bits per heavy atom. The van der Waals surface area contributed by atoms with Gasteiger partial charge in [-0.15, -0.1) is 0 Å². The van der Waals surface area contributed by atoms with Crippen molar-refractivity contribution in [2.24, 2.45) is 0 Å². The van der Waals surface area contributed by atoms with Crippen molar-refractivity contribution < 1.29 is 18.9 Å². The lowest BCUT2D eigenvalue weighted by atomic mass is 10.1. The van der Waals surface area contributed by atoms with Crippen LogP contribution in [0.5, 0.6) is 23.4 Å². The minimum atomic E-state index is 0.248. The molecule has 1 aromatic heterocycles. The molecule has 0 aliphatic heterocycles. The van der Waals surface area contributed by atoms with Crippen LogP contribution in [0, 0.1) is 0 Å². The number of rotatable bonds is 5. The molecule has 0 aliphatic rings. The summed E-state index contributed by atoms with van der Waals surface area (Å²) in [5, 5.41) is 0. The summed E-state index contributed by atoms with van der Waals surface area (Å²) in [6.45, 7) is 0. The van der Waals surface area contributed by atoms with Crippen molar-refractivity contribution in [2.75, 3.05) is 28.4 Å². The van der Waals surface area contributed by atoms with Gasteiger partial charge in [0, 0.05) is 17.8 Å². The van der Waals surface area contributed by atoms with Crippen molar-refractivity contribution in [1.29, 1.82) is 0 Å². The molecule has 6 nitrogen and oxygen atoms in total. The molecule has 0 radical (unpaired) electrons. The van der Waals surface area contributed by atoms with Crippen molar-refractivity contribution >= 4 is 0 Å². The van der Waals surface area contributed by atoms with Crippen molar-refractivity contribution in [1.82, 2.24) is 9.97 Å². The topological polar surface area (TPSA) is 62.7 Å². The summed E-state index contributed by atoms with van der Waals surface area (Å²) >= 11 is 0. The van der Waals surface area contributed by atoms with Crippen molar-refractivity contribution in [3.05, 3.63) is 24.4 Å². The second-order valence-electron chi connectivity index (χ2n) is 3.85. The van der Waals surface area contributed by atoms with Crippen LogP contribution in [-0.4, -0.2) is 38.4 Å². The molecule has 1 heterocycles.